The highest BCUT2D eigenvalue weighted by atomic mass is 16.6. The molecule has 1 fully saturated rings. The fraction of sp³-hybridized carbons (Fsp3) is 0.500. The van der Waals surface area contributed by atoms with Gasteiger partial charge in [0, 0.05) is 25.5 Å². The standard InChI is InChI=1S/C14H17N5O3/c1-14(2)3-5-17(6-4-14)13(20)10-7-15-12-11(19(21)22)8-16-18(12)9-10/h7-9H,3-6H2,1-2H3. The van der Waals surface area contributed by atoms with Crippen molar-refractivity contribution >= 4 is 17.2 Å². The molecule has 8 nitrogen and oxygen atoms in total. The summed E-state index contributed by atoms with van der Waals surface area (Å²) < 4.78 is 1.28. The highest BCUT2D eigenvalue weighted by molar-refractivity contribution is 5.94. The van der Waals surface area contributed by atoms with Crippen LogP contribution in [-0.2, 0) is 0 Å². The first-order valence-corrected chi connectivity index (χ1v) is 7.14. The molecule has 22 heavy (non-hydrogen) atoms. The zero-order chi connectivity index (χ0) is 15.9. The van der Waals surface area contributed by atoms with Gasteiger partial charge in [0.15, 0.2) is 0 Å². The van der Waals surface area contributed by atoms with Gasteiger partial charge < -0.3 is 4.90 Å². The SMILES string of the molecule is CC1(C)CCN(C(=O)c2cnc3c([N+](=O)[O-])cnn3c2)CC1. The summed E-state index contributed by atoms with van der Waals surface area (Å²) in [4.78, 5) is 28.6. The van der Waals surface area contributed by atoms with Crippen LogP contribution in [0.2, 0.25) is 0 Å². The van der Waals surface area contributed by atoms with Crippen molar-refractivity contribution < 1.29 is 9.72 Å². The van der Waals surface area contributed by atoms with E-state index in [0.717, 1.165) is 19.0 Å². The Bertz CT molecular complexity index is 742. The van der Waals surface area contributed by atoms with Crippen molar-refractivity contribution in [3.63, 3.8) is 0 Å². The Balaban J connectivity index is 1.84. The molecule has 2 aromatic heterocycles. The smallest absolute Gasteiger partial charge is 0.333 e. The fourth-order valence-electron chi connectivity index (χ4n) is 2.60. The monoisotopic (exact) mass is 303 g/mol. The van der Waals surface area contributed by atoms with Crippen molar-refractivity contribution in [3.05, 3.63) is 34.3 Å². The van der Waals surface area contributed by atoms with E-state index in [9.17, 15) is 14.9 Å². The number of fused-ring (bicyclic) bond motifs is 1. The van der Waals surface area contributed by atoms with Crippen molar-refractivity contribution in [1.29, 1.82) is 0 Å². The Labute approximate surface area is 126 Å². The predicted octanol–water partition coefficient (Wildman–Crippen LogP) is 1.90. The number of hydrogen-bond acceptors (Lipinski definition) is 5. The van der Waals surface area contributed by atoms with E-state index in [1.54, 1.807) is 4.90 Å². The van der Waals surface area contributed by atoms with Gasteiger partial charge in [0.05, 0.1) is 10.5 Å². The van der Waals surface area contributed by atoms with Crippen LogP contribution in [0.25, 0.3) is 5.65 Å². The molecule has 2 aromatic rings. The lowest BCUT2D eigenvalue weighted by Gasteiger charge is -2.36. The number of nitro groups is 1. The minimum Gasteiger partial charge on any atom is -0.339 e. The molecule has 3 heterocycles. The second-order valence-electron chi connectivity index (χ2n) is 6.35. The van der Waals surface area contributed by atoms with Gasteiger partial charge in [-0.1, -0.05) is 13.8 Å². The van der Waals surface area contributed by atoms with Crippen LogP contribution in [-0.4, -0.2) is 43.4 Å². The summed E-state index contributed by atoms with van der Waals surface area (Å²) in [5, 5.41) is 14.7. The molecule has 0 aromatic carbocycles. The van der Waals surface area contributed by atoms with Gasteiger partial charge in [-0.3, -0.25) is 14.9 Å². The molecule has 1 saturated heterocycles. The number of carbonyl (C=O) groups is 1. The Kier molecular flexibility index (Phi) is 3.31. The van der Waals surface area contributed by atoms with Crippen LogP contribution in [0.1, 0.15) is 37.0 Å². The molecule has 0 atom stereocenters. The summed E-state index contributed by atoms with van der Waals surface area (Å²) in [5.41, 5.74) is 0.631. The first kappa shape index (κ1) is 14.4. The molecule has 0 N–H and O–H groups in total. The molecule has 1 aliphatic rings. The minimum atomic E-state index is -0.538. The number of amides is 1. The highest BCUT2D eigenvalue weighted by Crippen LogP contribution is 2.30. The number of piperidine rings is 1. The maximum Gasteiger partial charge on any atom is 0.333 e. The lowest BCUT2D eigenvalue weighted by Crippen LogP contribution is -2.41. The second-order valence-corrected chi connectivity index (χ2v) is 6.35. The van der Waals surface area contributed by atoms with Crippen LogP contribution in [0, 0.1) is 15.5 Å². The van der Waals surface area contributed by atoms with Crippen LogP contribution in [0.5, 0.6) is 0 Å². The normalized spacial score (nSPS) is 17.6. The molecule has 116 valence electrons. The van der Waals surface area contributed by atoms with Crippen LogP contribution >= 0.6 is 0 Å². The van der Waals surface area contributed by atoms with Gasteiger partial charge in [-0.25, -0.2) is 9.50 Å². The summed E-state index contributed by atoms with van der Waals surface area (Å²) in [6, 6.07) is 0. The van der Waals surface area contributed by atoms with Crippen LogP contribution in [0.3, 0.4) is 0 Å². The molecule has 0 spiro atoms. The maximum absolute atomic E-state index is 12.5. The average Bonchev–Trinajstić information content (AvgIpc) is 2.89. The van der Waals surface area contributed by atoms with Crippen molar-refractivity contribution in [1.82, 2.24) is 19.5 Å². The summed E-state index contributed by atoms with van der Waals surface area (Å²) in [5.74, 6) is -0.108. The van der Waals surface area contributed by atoms with Crippen LogP contribution in [0.4, 0.5) is 5.69 Å². The van der Waals surface area contributed by atoms with E-state index in [1.165, 1.54) is 16.9 Å². The van der Waals surface area contributed by atoms with E-state index in [-0.39, 0.29) is 22.7 Å². The van der Waals surface area contributed by atoms with Gasteiger partial charge in [-0.05, 0) is 18.3 Å². The average molecular weight is 303 g/mol. The van der Waals surface area contributed by atoms with Gasteiger partial charge in [0.2, 0.25) is 5.65 Å². The van der Waals surface area contributed by atoms with Crippen LogP contribution < -0.4 is 0 Å². The summed E-state index contributed by atoms with van der Waals surface area (Å²) in [6.07, 6.45) is 5.94. The zero-order valence-corrected chi connectivity index (χ0v) is 12.5. The minimum absolute atomic E-state index is 0.108. The molecule has 3 rings (SSSR count). The molecule has 1 amide bonds. The largest absolute Gasteiger partial charge is 0.339 e. The van der Waals surface area contributed by atoms with E-state index < -0.39 is 4.92 Å². The summed E-state index contributed by atoms with van der Waals surface area (Å²) in [6.45, 7) is 5.82. The number of nitrogens with zero attached hydrogens (tertiary/aromatic N) is 5. The topological polar surface area (TPSA) is 93.6 Å². The number of hydrogen-bond donors (Lipinski definition) is 0. The van der Waals surface area contributed by atoms with Gasteiger partial charge in [-0.2, -0.15) is 5.10 Å². The number of likely N-dealkylation sites (tertiary alicyclic amines) is 1. The molecular formula is C14H17N5O3. The third-order valence-electron chi connectivity index (χ3n) is 4.19. The van der Waals surface area contributed by atoms with E-state index in [0.29, 0.717) is 18.7 Å². The Morgan fingerprint density at radius 2 is 2.00 bits per heavy atom. The molecular weight excluding hydrogens is 286 g/mol. The third kappa shape index (κ3) is 2.51. The maximum atomic E-state index is 12.5. The molecule has 0 unspecified atom stereocenters. The highest BCUT2D eigenvalue weighted by Gasteiger charge is 2.29. The predicted molar refractivity (Wildman–Crippen MR) is 78.6 cm³/mol. The van der Waals surface area contributed by atoms with Gasteiger partial charge in [0.25, 0.3) is 5.91 Å². The lowest BCUT2D eigenvalue weighted by molar-refractivity contribution is -0.383. The van der Waals surface area contributed by atoms with Gasteiger partial charge in [0.1, 0.15) is 6.20 Å². The quantitative estimate of drug-likeness (QED) is 0.624. The Morgan fingerprint density at radius 1 is 1.32 bits per heavy atom. The number of rotatable bonds is 2. The van der Waals surface area contributed by atoms with Crippen molar-refractivity contribution in [2.75, 3.05) is 13.1 Å². The van der Waals surface area contributed by atoms with Gasteiger partial charge in [-0.15, -0.1) is 0 Å². The molecule has 0 aliphatic carbocycles. The fourth-order valence-corrected chi connectivity index (χ4v) is 2.60. The van der Waals surface area contributed by atoms with Gasteiger partial charge >= 0.3 is 5.69 Å². The summed E-state index contributed by atoms with van der Waals surface area (Å²) >= 11 is 0. The Morgan fingerprint density at radius 3 is 2.64 bits per heavy atom. The van der Waals surface area contributed by atoms with E-state index in [4.69, 9.17) is 0 Å². The second kappa shape index (κ2) is 5.04. The van der Waals surface area contributed by atoms with E-state index >= 15 is 0 Å². The Hall–Kier alpha value is -2.51. The van der Waals surface area contributed by atoms with Crippen LogP contribution in [0.15, 0.2) is 18.6 Å². The van der Waals surface area contributed by atoms with Crippen molar-refractivity contribution in [2.45, 2.75) is 26.7 Å². The van der Waals surface area contributed by atoms with E-state index in [1.807, 2.05) is 0 Å². The molecule has 0 saturated carbocycles. The molecule has 1 aliphatic heterocycles. The first-order valence-electron chi connectivity index (χ1n) is 7.14. The first-order chi connectivity index (χ1) is 10.4. The third-order valence-corrected chi connectivity index (χ3v) is 4.19. The number of carbonyl (C=O) groups excluding carboxylic acids is 1. The number of aromatic nitrogens is 3. The van der Waals surface area contributed by atoms with Crippen molar-refractivity contribution in [3.8, 4) is 0 Å². The summed E-state index contributed by atoms with van der Waals surface area (Å²) in [7, 11) is 0. The van der Waals surface area contributed by atoms with E-state index in [2.05, 4.69) is 23.9 Å². The lowest BCUT2D eigenvalue weighted by atomic mass is 9.82. The molecule has 8 heteroatoms. The zero-order valence-electron chi connectivity index (χ0n) is 12.5. The van der Waals surface area contributed by atoms with Crippen molar-refractivity contribution in [2.24, 2.45) is 5.41 Å². The molecule has 0 bridgehead atoms. The molecule has 0 radical (unpaired) electrons.